The van der Waals surface area contributed by atoms with Crippen LogP contribution in [-0.4, -0.2) is 33.5 Å². The summed E-state index contributed by atoms with van der Waals surface area (Å²) < 4.78 is 26.5. The second kappa shape index (κ2) is 10.1. The molecule has 2 rings (SSSR count). The lowest BCUT2D eigenvalue weighted by atomic mass is 9.96. The van der Waals surface area contributed by atoms with E-state index in [9.17, 15) is 8.42 Å². The van der Waals surface area contributed by atoms with Crippen LogP contribution in [0.3, 0.4) is 0 Å². The van der Waals surface area contributed by atoms with Crippen molar-refractivity contribution in [3.63, 3.8) is 0 Å². The summed E-state index contributed by atoms with van der Waals surface area (Å²) in [6.45, 7) is 0.544. The van der Waals surface area contributed by atoms with E-state index in [0.717, 1.165) is 12.8 Å². The fourth-order valence-corrected chi connectivity index (χ4v) is 3.58. The number of guanidine groups is 1. The number of rotatable bonds is 6. The van der Waals surface area contributed by atoms with E-state index >= 15 is 0 Å². The first-order chi connectivity index (χ1) is 10.6. The van der Waals surface area contributed by atoms with Crippen molar-refractivity contribution in [2.75, 3.05) is 13.1 Å². The number of aliphatic imine (C=N–C) groups is 1. The Labute approximate surface area is 155 Å². The van der Waals surface area contributed by atoms with E-state index in [2.05, 4.69) is 15.0 Å². The first kappa shape index (κ1) is 20.2. The third-order valence-corrected chi connectivity index (χ3v) is 5.17. The lowest BCUT2D eigenvalue weighted by Crippen LogP contribution is -2.41. The highest BCUT2D eigenvalue weighted by molar-refractivity contribution is 14.0. The van der Waals surface area contributed by atoms with Gasteiger partial charge in [-0.3, -0.25) is 4.99 Å². The summed E-state index contributed by atoms with van der Waals surface area (Å²) in [5.74, 6) is 0.394. The van der Waals surface area contributed by atoms with Gasteiger partial charge >= 0.3 is 0 Å². The Morgan fingerprint density at radius 3 is 2.48 bits per heavy atom. The van der Waals surface area contributed by atoms with Gasteiger partial charge in [-0.25, -0.2) is 13.1 Å². The third-order valence-electron chi connectivity index (χ3n) is 3.70. The van der Waals surface area contributed by atoms with Crippen LogP contribution in [0.25, 0.3) is 0 Å². The molecule has 0 amide bonds. The molecule has 1 aliphatic carbocycles. The summed E-state index contributed by atoms with van der Waals surface area (Å²) in [4.78, 5) is 4.43. The van der Waals surface area contributed by atoms with Gasteiger partial charge in [0.05, 0.1) is 11.4 Å². The fourth-order valence-electron chi connectivity index (χ4n) is 2.54. The van der Waals surface area contributed by atoms with Gasteiger partial charge in [0.15, 0.2) is 5.96 Å². The van der Waals surface area contributed by atoms with Gasteiger partial charge < -0.3 is 11.1 Å². The molecule has 1 aliphatic rings. The molecule has 0 saturated heterocycles. The van der Waals surface area contributed by atoms with Crippen LogP contribution in [0, 0.1) is 0 Å². The van der Waals surface area contributed by atoms with E-state index in [1.807, 2.05) is 0 Å². The molecule has 0 aromatic heterocycles. The minimum Gasteiger partial charge on any atom is -0.370 e. The lowest BCUT2D eigenvalue weighted by molar-refractivity contribution is 0.412. The molecule has 0 aliphatic heterocycles. The van der Waals surface area contributed by atoms with Gasteiger partial charge in [-0.15, -0.1) is 24.0 Å². The van der Waals surface area contributed by atoms with E-state index < -0.39 is 10.0 Å². The van der Waals surface area contributed by atoms with Crippen molar-refractivity contribution in [3.8, 4) is 0 Å². The zero-order valence-electron chi connectivity index (χ0n) is 13.1. The van der Waals surface area contributed by atoms with Crippen LogP contribution in [0.2, 0.25) is 0 Å². The molecule has 130 valence electrons. The van der Waals surface area contributed by atoms with Gasteiger partial charge in [0.25, 0.3) is 0 Å². The average Bonchev–Trinajstić information content (AvgIpc) is 2.53. The second-order valence-electron chi connectivity index (χ2n) is 5.46. The van der Waals surface area contributed by atoms with Gasteiger partial charge in [-0.2, -0.15) is 0 Å². The van der Waals surface area contributed by atoms with Gasteiger partial charge in [0.2, 0.25) is 10.0 Å². The van der Waals surface area contributed by atoms with Crippen LogP contribution < -0.4 is 15.8 Å². The average molecular weight is 452 g/mol. The maximum Gasteiger partial charge on any atom is 0.240 e. The molecule has 8 heteroatoms. The van der Waals surface area contributed by atoms with E-state index in [1.54, 1.807) is 30.3 Å². The van der Waals surface area contributed by atoms with Crippen molar-refractivity contribution in [2.24, 2.45) is 10.7 Å². The topological polar surface area (TPSA) is 96.6 Å². The van der Waals surface area contributed by atoms with Crippen molar-refractivity contribution in [2.45, 2.75) is 43.0 Å². The molecule has 0 bridgehead atoms. The van der Waals surface area contributed by atoms with Crippen molar-refractivity contribution >= 4 is 40.0 Å². The number of benzene rings is 1. The minimum absolute atomic E-state index is 0. The Morgan fingerprint density at radius 1 is 1.17 bits per heavy atom. The molecule has 0 heterocycles. The number of hydrogen-bond acceptors (Lipinski definition) is 3. The number of hydrogen-bond donors (Lipinski definition) is 3. The van der Waals surface area contributed by atoms with E-state index in [-0.39, 0.29) is 35.4 Å². The van der Waals surface area contributed by atoms with Crippen molar-refractivity contribution < 1.29 is 8.42 Å². The molecule has 0 spiro atoms. The van der Waals surface area contributed by atoms with Crippen molar-refractivity contribution in [1.29, 1.82) is 0 Å². The van der Waals surface area contributed by atoms with E-state index in [4.69, 9.17) is 5.73 Å². The molecule has 0 atom stereocenters. The normalized spacial score (nSPS) is 16.6. The summed E-state index contributed by atoms with van der Waals surface area (Å²) >= 11 is 0. The minimum atomic E-state index is -3.47. The molecule has 4 N–H and O–H groups in total. The van der Waals surface area contributed by atoms with Gasteiger partial charge in [-0.1, -0.05) is 37.5 Å². The molecular weight excluding hydrogens is 427 g/mol. The predicted octanol–water partition coefficient (Wildman–Crippen LogP) is 1.82. The van der Waals surface area contributed by atoms with E-state index in [1.165, 1.54) is 19.3 Å². The van der Waals surface area contributed by atoms with Crippen LogP contribution in [0.15, 0.2) is 40.2 Å². The Hall–Kier alpha value is -0.870. The van der Waals surface area contributed by atoms with Gasteiger partial charge in [-0.05, 0) is 25.0 Å². The molecule has 0 unspecified atom stereocenters. The summed E-state index contributed by atoms with van der Waals surface area (Å²) in [6, 6.07) is 8.69. The number of sulfonamides is 1. The zero-order chi connectivity index (χ0) is 15.8. The summed E-state index contributed by atoms with van der Waals surface area (Å²) in [7, 11) is -3.47. The molecule has 6 nitrogen and oxygen atoms in total. The zero-order valence-corrected chi connectivity index (χ0v) is 16.2. The van der Waals surface area contributed by atoms with Crippen LogP contribution in [0.5, 0.6) is 0 Å². The SMILES string of the molecule is I.NC(=NCCNS(=O)(=O)c1ccccc1)NC1CCCCC1. The first-order valence-electron chi connectivity index (χ1n) is 7.69. The number of nitrogens with two attached hydrogens (primary N) is 1. The molecule has 23 heavy (non-hydrogen) atoms. The Morgan fingerprint density at radius 2 is 1.83 bits per heavy atom. The summed E-state index contributed by atoms with van der Waals surface area (Å²) in [5.41, 5.74) is 5.83. The van der Waals surface area contributed by atoms with E-state index in [0.29, 0.717) is 18.5 Å². The largest absolute Gasteiger partial charge is 0.370 e. The number of nitrogens with zero attached hydrogens (tertiary/aromatic N) is 1. The fraction of sp³-hybridized carbons (Fsp3) is 0.533. The Kier molecular flexibility index (Phi) is 8.85. The standard InChI is InChI=1S/C15H24N4O2S.HI/c16-15(19-13-7-3-1-4-8-13)17-11-12-18-22(20,21)14-9-5-2-6-10-14;/h2,5-6,9-10,13,18H,1,3-4,7-8,11-12H2,(H3,16,17,19);1H. The highest BCUT2D eigenvalue weighted by atomic mass is 127. The van der Waals surface area contributed by atoms with Gasteiger partial charge in [0, 0.05) is 12.6 Å². The van der Waals surface area contributed by atoms with Crippen LogP contribution in [-0.2, 0) is 10.0 Å². The number of halogens is 1. The van der Waals surface area contributed by atoms with Crippen LogP contribution in [0.1, 0.15) is 32.1 Å². The predicted molar refractivity (Wildman–Crippen MR) is 104 cm³/mol. The lowest BCUT2D eigenvalue weighted by Gasteiger charge is -2.23. The molecule has 1 aromatic rings. The van der Waals surface area contributed by atoms with Crippen LogP contribution >= 0.6 is 24.0 Å². The highest BCUT2D eigenvalue weighted by Gasteiger charge is 2.14. The number of nitrogens with one attached hydrogen (secondary N) is 2. The van der Waals surface area contributed by atoms with Crippen molar-refractivity contribution in [3.05, 3.63) is 30.3 Å². The summed E-state index contributed by atoms with van der Waals surface area (Å²) in [5, 5.41) is 3.20. The van der Waals surface area contributed by atoms with Crippen molar-refractivity contribution in [1.82, 2.24) is 10.0 Å². The Balaban J connectivity index is 0.00000264. The smallest absolute Gasteiger partial charge is 0.240 e. The first-order valence-corrected chi connectivity index (χ1v) is 9.17. The molecule has 0 radical (unpaired) electrons. The van der Waals surface area contributed by atoms with Crippen LogP contribution in [0.4, 0.5) is 0 Å². The Bertz CT molecular complexity index is 587. The quantitative estimate of drug-likeness (QED) is 0.266. The molecule has 1 saturated carbocycles. The second-order valence-corrected chi connectivity index (χ2v) is 7.22. The molecule has 1 fully saturated rings. The monoisotopic (exact) mass is 452 g/mol. The maximum atomic E-state index is 12.0. The third kappa shape index (κ3) is 7.05. The maximum absolute atomic E-state index is 12.0. The van der Waals surface area contributed by atoms with Gasteiger partial charge in [0.1, 0.15) is 0 Å². The molecular formula is C15H25IN4O2S. The summed E-state index contributed by atoms with van der Waals surface area (Å²) in [6.07, 6.45) is 5.98. The molecule has 1 aromatic carbocycles. The highest BCUT2D eigenvalue weighted by Crippen LogP contribution is 2.16.